The topological polar surface area (TPSA) is 48.8 Å². The first kappa shape index (κ1) is 6.65. The Bertz CT molecular complexity index is 274. The summed E-state index contributed by atoms with van der Waals surface area (Å²) in [5.41, 5.74) is 9.80. The molecule has 1 aromatic carbocycles. The van der Waals surface area contributed by atoms with Crippen LogP contribution >= 0.6 is 0 Å². The lowest BCUT2D eigenvalue weighted by atomic mass is 10.2. The fraction of sp³-hybridized carbons (Fsp3) is 0.143. The molecule has 0 aromatic heterocycles. The molecule has 0 amide bonds. The first-order chi connectivity index (χ1) is 4.84. The Labute approximate surface area is 58.9 Å². The van der Waals surface area contributed by atoms with Crippen molar-refractivity contribution in [2.45, 2.75) is 6.92 Å². The largest absolute Gasteiger partial charge is 0.0620 e. The fourth-order valence-electron chi connectivity index (χ4n) is 0.724. The zero-order chi connectivity index (χ0) is 7.40. The summed E-state index contributed by atoms with van der Waals surface area (Å²) in [6, 6.07) is 7.45. The van der Waals surface area contributed by atoms with E-state index in [9.17, 15) is 0 Å². The predicted molar refractivity (Wildman–Crippen MR) is 40.0 cm³/mol. The zero-order valence-corrected chi connectivity index (χ0v) is 5.65. The van der Waals surface area contributed by atoms with Crippen molar-refractivity contribution in [2.75, 3.05) is 0 Å². The van der Waals surface area contributed by atoms with E-state index >= 15 is 0 Å². The Morgan fingerprint density at radius 3 is 2.70 bits per heavy atom. The van der Waals surface area contributed by atoms with Crippen molar-refractivity contribution in [3.05, 3.63) is 40.3 Å². The first-order valence-corrected chi connectivity index (χ1v) is 2.95. The van der Waals surface area contributed by atoms with Gasteiger partial charge in [0.15, 0.2) is 0 Å². The quantitative estimate of drug-likeness (QED) is 0.321. The second kappa shape index (κ2) is 2.90. The van der Waals surface area contributed by atoms with Crippen LogP contribution in [0.5, 0.6) is 0 Å². The van der Waals surface area contributed by atoms with E-state index < -0.39 is 0 Å². The standard InChI is InChI=1S/C7H7N3/c1-6-4-2-3-5-7(6)9-10-8/h2-5H,1H3. The van der Waals surface area contributed by atoms with Crippen LogP contribution in [0.25, 0.3) is 10.4 Å². The summed E-state index contributed by atoms with van der Waals surface area (Å²) in [4.78, 5) is 2.69. The lowest BCUT2D eigenvalue weighted by molar-refractivity contribution is 1.38. The molecular weight excluding hydrogens is 126 g/mol. The van der Waals surface area contributed by atoms with Gasteiger partial charge in [-0.15, -0.1) is 0 Å². The lowest BCUT2D eigenvalue weighted by Crippen LogP contribution is -1.68. The van der Waals surface area contributed by atoms with Crippen molar-refractivity contribution in [1.82, 2.24) is 0 Å². The molecule has 3 nitrogen and oxygen atoms in total. The number of rotatable bonds is 1. The molecule has 1 rings (SSSR count). The minimum Gasteiger partial charge on any atom is -0.0620 e. The molecule has 0 unspecified atom stereocenters. The number of benzene rings is 1. The van der Waals surface area contributed by atoms with Gasteiger partial charge in [-0.2, -0.15) is 0 Å². The molecule has 0 aliphatic heterocycles. The molecule has 50 valence electrons. The molecule has 0 aliphatic carbocycles. The monoisotopic (exact) mass is 133 g/mol. The number of aryl methyl sites for hydroxylation is 1. The Kier molecular flexibility index (Phi) is 1.92. The third kappa shape index (κ3) is 1.27. The highest BCUT2D eigenvalue weighted by Crippen LogP contribution is 2.16. The molecule has 1 aromatic rings. The smallest absolute Gasteiger partial charge is 0.0404 e. The van der Waals surface area contributed by atoms with E-state index in [4.69, 9.17) is 5.53 Å². The molecule has 3 heteroatoms. The van der Waals surface area contributed by atoms with Crippen LogP contribution in [0.15, 0.2) is 29.4 Å². The van der Waals surface area contributed by atoms with Gasteiger partial charge in [-0.1, -0.05) is 29.4 Å². The molecule has 0 fully saturated rings. The minimum absolute atomic E-state index is 0.699. The van der Waals surface area contributed by atoms with Gasteiger partial charge in [-0.05, 0) is 18.0 Å². The van der Waals surface area contributed by atoms with E-state index in [-0.39, 0.29) is 0 Å². The van der Waals surface area contributed by atoms with Crippen LogP contribution in [0, 0.1) is 6.92 Å². The molecule has 0 atom stereocenters. The van der Waals surface area contributed by atoms with Crippen molar-refractivity contribution in [1.29, 1.82) is 0 Å². The van der Waals surface area contributed by atoms with Crippen molar-refractivity contribution in [2.24, 2.45) is 5.11 Å². The summed E-state index contributed by atoms with van der Waals surface area (Å²) in [6.07, 6.45) is 0. The Morgan fingerprint density at radius 2 is 2.10 bits per heavy atom. The number of hydrogen-bond acceptors (Lipinski definition) is 1. The van der Waals surface area contributed by atoms with E-state index in [1.54, 1.807) is 6.07 Å². The summed E-state index contributed by atoms with van der Waals surface area (Å²) < 4.78 is 0. The molecule has 0 spiro atoms. The molecule has 0 saturated carbocycles. The first-order valence-electron chi connectivity index (χ1n) is 2.95. The van der Waals surface area contributed by atoms with Crippen molar-refractivity contribution in [3.8, 4) is 0 Å². The zero-order valence-electron chi connectivity index (χ0n) is 5.65. The van der Waals surface area contributed by atoms with Gasteiger partial charge in [-0.3, -0.25) is 0 Å². The van der Waals surface area contributed by atoms with Gasteiger partial charge in [-0.25, -0.2) is 0 Å². The third-order valence-electron chi connectivity index (χ3n) is 1.27. The van der Waals surface area contributed by atoms with E-state index in [0.717, 1.165) is 5.56 Å². The second-order valence-electron chi connectivity index (χ2n) is 1.98. The van der Waals surface area contributed by atoms with Crippen LogP contribution in [0.2, 0.25) is 0 Å². The maximum atomic E-state index is 8.10. The van der Waals surface area contributed by atoms with Gasteiger partial charge >= 0.3 is 0 Å². The molecule has 0 heterocycles. The van der Waals surface area contributed by atoms with Crippen LogP contribution in [-0.2, 0) is 0 Å². The summed E-state index contributed by atoms with van der Waals surface area (Å²) in [7, 11) is 0. The highest BCUT2D eigenvalue weighted by atomic mass is 15.1. The van der Waals surface area contributed by atoms with Crippen molar-refractivity contribution in [3.63, 3.8) is 0 Å². The van der Waals surface area contributed by atoms with Gasteiger partial charge in [0.2, 0.25) is 0 Å². The van der Waals surface area contributed by atoms with Gasteiger partial charge < -0.3 is 0 Å². The van der Waals surface area contributed by atoms with Crippen LogP contribution in [0.4, 0.5) is 5.69 Å². The molecule has 0 bridgehead atoms. The van der Waals surface area contributed by atoms with Gasteiger partial charge in [0, 0.05) is 10.6 Å². The summed E-state index contributed by atoms with van der Waals surface area (Å²) in [5, 5.41) is 3.49. The van der Waals surface area contributed by atoms with Crippen LogP contribution in [0.3, 0.4) is 0 Å². The average Bonchev–Trinajstić information content (AvgIpc) is 1.94. The predicted octanol–water partition coefficient (Wildman–Crippen LogP) is 2.94. The Morgan fingerprint density at radius 1 is 1.40 bits per heavy atom. The van der Waals surface area contributed by atoms with Crippen molar-refractivity contribution < 1.29 is 0 Å². The second-order valence-corrected chi connectivity index (χ2v) is 1.98. The number of azide groups is 1. The van der Waals surface area contributed by atoms with E-state index in [2.05, 4.69) is 10.0 Å². The van der Waals surface area contributed by atoms with E-state index in [0.29, 0.717) is 5.69 Å². The van der Waals surface area contributed by atoms with Gasteiger partial charge in [0.05, 0.1) is 0 Å². The molecule has 0 N–H and O–H groups in total. The van der Waals surface area contributed by atoms with Crippen LogP contribution in [-0.4, -0.2) is 0 Å². The van der Waals surface area contributed by atoms with Crippen LogP contribution < -0.4 is 0 Å². The van der Waals surface area contributed by atoms with E-state index in [1.807, 2.05) is 25.1 Å². The normalized spacial score (nSPS) is 8.50. The number of nitrogens with zero attached hydrogens (tertiary/aromatic N) is 3. The molecule has 0 radical (unpaired) electrons. The maximum Gasteiger partial charge on any atom is 0.0404 e. The molecule has 0 saturated heterocycles. The lowest BCUT2D eigenvalue weighted by Gasteiger charge is -1.93. The highest BCUT2D eigenvalue weighted by Gasteiger charge is 1.89. The van der Waals surface area contributed by atoms with Gasteiger partial charge in [0.25, 0.3) is 0 Å². The van der Waals surface area contributed by atoms with Crippen molar-refractivity contribution >= 4 is 5.69 Å². The van der Waals surface area contributed by atoms with Crippen LogP contribution in [0.1, 0.15) is 5.56 Å². The van der Waals surface area contributed by atoms with Gasteiger partial charge in [0.1, 0.15) is 0 Å². The summed E-state index contributed by atoms with van der Waals surface area (Å²) >= 11 is 0. The fourth-order valence-corrected chi connectivity index (χ4v) is 0.724. The number of hydrogen-bond donors (Lipinski definition) is 0. The average molecular weight is 133 g/mol. The van der Waals surface area contributed by atoms with E-state index in [1.165, 1.54) is 0 Å². The highest BCUT2D eigenvalue weighted by molar-refractivity contribution is 5.44. The minimum atomic E-state index is 0.699. The Balaban J connectivity index is 3.14. The third-order valence-corrected chi connectivity index (χ3v) is 1.27. The Hall–Kier alpha value is -1.47. The molecular formula is C7H7N3. The summed E-state index contributed by atoms with van der Waals surface area (Å²) in [6.45, 7) is 1.91. The molecule has 10 heavy (non-hydrogen) atoms. The summed E-state index contributed by atoms with van der Waals surface area (Å²) in [5.74, 6) is 0. The molecule has 0 aliphatic rings. The maximum absolute atomic E-state index is 8.10. The SMILES string of the molecule is Cc1ccccc1N=[N+]=[N-].